The number of nitrogens with one attached hydrogen (secondary N) is 1. The lowest BCUT2D eigenvalue weighted by Gasteiger charge is -2.11. The summed E-state index contributed by atoms with van der Waals surface area (Å²) in [5.74, 6) is 1.41. The minimum atomic E-state index is -0.429. The van der Waals surface area contributed by atoms with Crippen LogP contribution in [0.2, 0.25) is 5.02 Å². The molecule has 1 N–H and O–H groups in total. The third kappa shape index (κ3) is 5.86. The first kappa shape index (κ1) is 20.5. The molecule has 7 heteroatoms. The van der Waals surface area contributed by atoms with E-state index in [1.807, 2.05) is 49.4 Å². The van der Waals surface area contributed by atoms with Gasteiger partial charge in [-0.25, -0.2) is 0 Å². The van der Waals surface area contributed by atoms with Crippen LogP contribution in [-0.4, -0.2) is 11.5 Å². The molecule has 29 heavy (non-hydrogen) atoms. The molecule has 0 saturated heterocycles. The van der Waals surface area contributed by atoms with Crippen LogP contribution in [0, 0.1) is 10.1 Å². The van der Waals surface area contributed by atoms with Crippen molar-refractivity contribution in [2.24, 2.45) is 0 Å². The summed E-state index contributed by atoms with van der Waals surface area (Å²) in [6, 6.07) is 19.6. The molecule has 6 nitrogen and oxygen atoms in total. The normalized spacial score (nSPS) is 10.4. The number of nitro groups is 1. The lowest BCUT2D eigenvalue weighted by atomic mass is 10.2. The quantitative estimate of drug-likeness (QED) is 0.353. The van der Waals surface area contributed by atoms with Gasteiger partial charge in [-0.15, -0.1) is 0 Å². The standard InChI is InChI=1S/C22H21ClN2O4/c1-2-28-20-10-6-18(7-11-20)24-14-17-5-12-22(21(23)13-17)29-15-16-3-8-19(9-4-16)25(26)27/h3-13,24H,2,14-15H2,1H3. The second-order valence-electron chi connectivity index (χ2n) is 6.29. The highest BCUT2D eigenvalue weighted by Gasteiger charge is 2.07. The van der Waals surface area contributed by atoms with Gasteiger partial charge in [0.15, 0.2) is 0 Å². The van der Waals surface area contributed by atoms with Crippen LogP contribution in [0.25, 0.3) is 0 Å². The minimum Gasteiger partial charge on any atom is -0.494 e. The summed E-state index contributed by atoms with van der Waals surface area (Å²) in [5, 5.41) is 14.6. The average Bonchev–Trinajstić information content (AvgIpc) is 2.73. The highest BCUT2D eigenvalue weighted by atomic mass is 35.5. The summed E-state index contributed by atoms with van der Waals surface area (Å²) in [6.07, 6.45) is 0. The number of anilines is 1. The Kier molecular flexibility index (Phi) is 6.92. The van der Waals surface area contributed by atoms with Crippen molar-refractivity contribution in [3.05, 3.63) is 93.0 Å². The average molecular weight is 413 g/mol. The van der Waals surface area contributed by atoms with Crippen LogP contribution < -0.4 is 14.8 Å². The van der Waals surface area contributed by atoms with Crippen LogP contribution in [0.15, 0.2) is 66.7 Å². The first-order chi connectivity index (χ1) is 14.0. The van der Waals surface area contributed by atoms with Gasteiger partial charge in [-0.05, 0) is 66.6 Å². The molecular formula is C22H21ClN2O4. The first-order valence-electron chi connectivity index (χ1n) is 9.16. The number of nitrogens with zero attached hydrogens (tertiary/aromatic N) is 1. The van der Waals surface area contributed by atoms with Crippen LogP contribution >= 0.6 is 11.6 Å². The molecule has 0 heterocycles. The Morgan fingerprint density at radius 2 is 1.66 bits per heavy atom. The molecule has 0 atom stereocenters. The number of benzene rings is 3. The molecule has 0 amide bonds. The van der Waals surface area contributed by atoms with Crippen LogP contribution in [0.4, 0.5) is 11.4 Å². The van der Waals surface area contributed by atoms with Crippen molar-refractivity contribution in [2.45, 2.75) is 20.1 Å². The molecular weight excluding hydrogens is 392 g/mol. The van der Waals surface area contributed by atoms with Gasteiger partial charge in [-0.3, -0.25) is 10.1 Å². The summed E-state index contributed by atoms with van der Waals surface area (Å²) >= 11 is 6.34. The molecule has 3 aromatic rings. The zero-order valence-corrected chi connectivity index (χ0v) is 16.7. The van der Waals surface area contributed by atoms with Crippen LogP contribution in [0.1, 0.15) is 18.1 Å². The lowest BCUT2D eigenvalue weighted by molar-refractivity contribution is -0.384. The van der Waals surface area contributed by atoms with Crippen molar-refractivity contribution in [3.63, 3.8) is 0 Å². The molecule has 0 aliphatic heterocycles. The maximum absolute atomic E-state index is 10.7. The Hall–Kier alpha value is -3.25. The van der Waals surface area contributed by atoms with Crippen molar-refractivity contribution < 1.29 is 14.4 Å². The molecule has 0 aliphatic carbocycles. The maximum Gasteiger partial charge on any atom is 0.269 e. The Morgan fingerprint density at radius 1 is 0.966 bits per heavy atom. The van der Waals surface area contributed by atoms with E-state index in [0.29, 0.717) is 23.9 Å². The molecule has 0 radical (unpaired) electrons. The zero-order valence-electron chi connectivity index (χ0n) is 15.9. The number of hydrogen-bond acceptors (Lipinski definition) is 5. The van der Waals surface area contributed by atoms with Crippen molar-refractivity contribution in [1.29, 1.82) is 0 Å². The molecule has 3 aromatic carbocycles. The summed E-state index contributed by atoms with van der Waals surface area (Å²) in [4.78, 5) is 10.3. The highest BCUT2D eigenvalue weighted by molar-refractivity contribution is 6.32. The molecule has 0 unspecified atom stereocenters. The molecule has 0 saturated carbocycles. The smallest absolute Gasteiger partial charge is 0.269 e. The number of non-ortho nitro benzene ring substituents is 1. The fraction of sp³-hybridized carbons (Fsp3) is 0.182. The zero-order chi connectivity index (χ0) is 20.6. The summed E-state index contributed by atoms with van der Waals surface area (Å²) < 4.78 is 11.2. The second-order valence-corrected chi connectivity index (χ2v) is 6.70. The monoisotopic (exact) mass is 412 g/mol. The van der Waals surface area contributed by atoms with Crippen molar-refractivity contribution in [1.82, 2.24) is 0 Å². The topological polar surface area (TPSA) is 73.6 Å². The molecule has 0 bridgehead atoms. The van der Waals surface area contributed by atoms with E-state index >= 15 is 0 Å². The van der Waals surface area contributed by atoms with E-state index in [1.165, 1.54) is 12.1 Å². The van der Waals surface area contributed by atoms with E-state index in [4.69, 9.17) is 21.1 Å². The Balaban J connectivity index is 1.54. The van der Waals surface area contributed by atoms with Gasteiger partial charge in [0.1, 0.15) is 18.1 Å². The van der Waals surface area contributed by atoms with Crippen LogP contribution in [0.5, 0.6) is 11.5 Å². The molecule has 0 spiro atoms. The van der Waals surface area contributed by atoms with Gasteiger partial charge in [0, 0.05) is 24.4 Å². The van der Waals surface area contributed by atoms with E-state index in [0.717, 1.165) is 22.6 Å². The SMILES string of the molecule is CCOc1ccc(NCc2ccc(OCc3ccc([N+](=O)[O-])cc3)c(Cl)c2)cc1. The summed E-state index contributed by atoms with van der Waals surface area (Å²) in [5.41, 5.74) is 2.89. The van der Waals surface area contributed by atoms with Crippen molar-refractivity contribution >= 4 is 23.0 Å². The van der Waals surface area contributed by atoms with Crippen LogP contribution in [-0.2, 0) is 13.2 Å². The van der Waals surface area contributed by atoms with E-state index in [2.05, 4.69) is 5.32 Å². The van der Waals surface area contributed by atoms with Gasteiger partial charge >= 0.3 is 0 Å². The number of nitro benzene ring substituents is 1. The van der Waals surface area contributed by atoms with E-state index < -0.39 is 4.92 Å². The Morgan fingerprint density at radius 3 is 2.28 bits per heavy atom. The Bertz CT molecular complexity index is 960. The van der Waals surface area contributed by atoms with Gasteiger partial charge in [0.2, 0.25) is 0 Å². The lowest BCUT2D eigenvalue weighted by Crippen LogP contribution is -2.01. The molecule has 0 aliphatic rings. The first-order valence-corrected chi connectivity index (χ1v) is 9.54. The van der Waals surface area contributed by atoms with E-state index in [-0.39, 0.29) is 12.3 Å². The van der Waals surface area contributed by atoms with Crippen molar-refractivity contribution in [2.75, 3.05) is 11.9 Å². The fourth-order valence-electron chi connectivity index (χ4n) is 2.69. The maximum atomic E-state index is 10.7. The van der Waals surface area contributed by atoms with E-state index in [1.54, 1.807) is 12.1 Å². The molecule has 0 aromatic heterocycles. The van der Waals surface area contributed by atoms with E-state index in [9.17, 15) is 10.1 Å². The van der Waals surface area contributed by atoms with Gasteiger partial charge in [-0.1, -0.05) is 17.7 Å². The van der Waals surface area contributed by atoms with Crippen LogP contribution in [0.3, 0.4) is 0 Å². The van der Waals surface area contributed by atoms with Gasteiger partial charge in [0.05, 0.1) is 16.6 Å². The second kappa shape index (κ2) is 9.80. The summed E-state index contributed by atoms with van der Waals surface area (Å²) in [7, 11) is 0. The van der Waals surface area contributed by atoms with Gasteiger partial charge in [0.25, 0.3) is 5.69 Å². The number of ether oxygens (including phenoxy) is 2. The highest BCUT2D eigenvalue weighted by Crippen LogP contribution is 2.27. The molecule has 3 rings (SSSR count). The van der Waals surface area contributed by atoms with Crippen molar-refractivity contribution in [3.8, 4) is 11.5 Å². The predicted molar refractivity (Wildman–Crippen MR) is 114 cm³/mol. The Labute approximate surface area is 174 Å². The van der Waals surface area contributed by atoms with Gasteiger partial charge < -0.3 is 14.8 Å². The fourth-order valence-corrected chi connectivity index (χ4v) is 2.94. The minimum absolute atomic E-state index is 0.0520. The van der Waals surface area contributed by atoms with Gasteiger partial charge in [-0.2, -0.15) is 0 Å². The largest absolute Gasteiger partial charge is 0.494 e. The summed E-state index contributed by atoms with van der Waals surface area (Å²) in [6.45, 7) is 3.50. The third-order valence-electron chi connectivity index (χ3n) is 4.20. The number of halogens is 1. The predicted octanol–water partition coefficient (Wildman–Crippen LogP) is 5.84. The third-order valence-corrected chi connectivity index (χ3v) is 4.50. The number of hydrogen-bond donors (Lipinski definition) is 1. The molecule has 0 fully saturated rings. The molecule has 150 valence electrons. The number of rotatable bonds is 9.